The highest BCUT2D eigenvalue weighted by Crippen LogP contribution is 2.26. The van der Waals surface area contributed by atoms with E-state index in [9.17, 15) is 18.4 Å². The molecule has 150 valence electrons. The summed E-state index contributed by atoms with van der Waals surface area (Å²) < 4.78 is 27.2. The van der Waals surface area contributed by atoms with E-state index in [4.69, 9.17) is 4.84 Å². The third-order valence-corrected chi connectivity index (χ3v) is 5.03. The number of oxime groups is 1. The highest BCUT2D eigenvalue weighted by atomic mass is 19.1. The topological polar surface area (TPSA) is 71.0 Å². The summed E-state index contributed by atoms with van der Waals surface area (Å²) in [5.74, 6) is -2.00. The molecule has 2 aromatic rings. The lowest BCUT2D eigenvalue weighted by Gasteiger charge is -2.29. The number of aryl methyl sites for hydroxylation is 1. The smallest absolute Gasteiger partial charge is 0.264 e. The number of hydrogen-bond acceptors (Lipinski definition) is 4. The molecule has 2 amide bonds. The number of carbonyl (C=O) groups is 2. The van der Waals surface area contributed by atoms with Gasteiger partial charge in [-0.1, -0.05) is 23.4 Å². The van der Waals surface area contributed by atoms with Gasteiger partial charge >= 0.3 is 0 Å². The zero-order chi connectivity index (χ0) is 20.4. The Balaban J connectivity index is 1.34. The molecule has 0 spiro atoms. The fraction of sp³-hybridized carbons (Fsp3) is 0.286. The lowest BCUT2D eigenvalue weighted by Crippen LogP contribution is -2.45. The molecule has 6 nitrogen and oxygen atoms in total. The van der Waals surface area contributed by atoms with Crippen molar-refractivity contribution in [3.05, 3.63) is 65.2 Å². The minimum absolute atomic E-state index is 0.00700. The minimum Gasteiger partial charge on any atom is -0.382 e. The van der Waals surface area contributed by atoms with E-state index < -0.39 is 23.6 Å². The van der Waals surface area contributed by atoms with E-state index in [1.54, 1.807) is 4.90 Å². The summed E-state index contributed by atoms with van der Waals surface area (Å²) in [6, 6.07) is 10.7. The first kappa shape index (κ1) is 19.0. The van der Waals surface area contributed by atoms with Crippen LogP contribution in [0.4, 0.5) is 14.5 Å². The molecule has 8 heteroatoms. The van der Waals surface area contributed by atoms with Crippen LogP contribution < -0.4 is 10.2 Å². The van der Waals surface area contributed by atoms with Gasteiger partial charge in [-0.05, 0) is 42.7 Å². The van der Waals surface area contributed by atoms with Crippen molar-refractivity contribution in [3.8, 4) is 0 Å². The van der Waals surface area contributed by atoms with Gasteiger partial charge in [0.1, 0.15) is 11.6 Å². The molecule has 0 saturated carbocycles. The van der Waals surface area contributed by atoms with Crippen molar-refractivity contribution in [3.63, 3.8) is 0 Å². The summed E-state index contributed by atoms with van der Waals surface area (Å²) in [5, 5.41) is 6.27. The van der Waals surface area contributed by atoms with E-state index in [1.165, 1.54) is 0 Å². The number of benzene rings is 2. The summed E-state index contributed by atoms with van der Waals surface area (Å²) in [4.78, 5) is 31.7. The predicted molar refractivity (Wildman–Crippen MR) is 103 cm³/mol. The standard InChI is InChI=1S/C21H19F2N3O3/c22-14-7-8-16(23)15(10-14)17-11-19(29-25-17)21(28)24-12-20(27)26-9-3-5-13-4-1-2-6-18(13)26/h1-2,4,6-8,10,19H,3,5,9,11-12H2,(H,24,28)/t19-/m0/s1. The summed E-state index contributed by atoms with van der Waals surface area (Å²) in [6.07, 6.45) is 0.777. The Morgan fingerprint density at radius 1 is 1.21 bits per heavy atom. The third-order valence-electron chi connectivity index (χ3n) is 5.03. The second-order valence-corrected chi connectivity index (χ2v) is 6.96. The van der Waals surface area contributed by atoms with Crippen molar-refractivity contribution in [1.82, 2.24) is 5.32 Å². The van der Waals surface area contributed by atoms with E-state index in [1.807, 2.05) is 24.3 Å². The SMILES string of the molecule is O=C(NCC(=O)N1CCCc2ccccc21)[C@@H]1CC(c2cc(F)ccc2F)=NO1. The van der Waals surface area contributed by atoms with Crippen LogP contribution in [0.5, 0.6) is 0 Å². The van der Waals surface area contributed by atoms with Crippen LogP contribution in [-0.2, 0) is 20.8 Å². The molecule has 1 N–H and O–H groups in total. The average Bonchev–Trinajstić information content (AvgIpc) is 3.23. The molecule has 2 aliphatic rings. The Bertz CT molecular complexity index is 993. The Morgan fingerprint density at radius 2 is 2.03 bits per heavy atom. The molecular formula is C21H19F2N3O3. The van der Waals surface area contributed by atoms with Crippen molar-refractivity contribution >= 4 is 23.2 Å². The maximum atomic E-state index is 13.9. The van der Waals surface area contributed by atoms with Crippen molar-refractivity contribution in [1.29, 1.82) is 0 Å². The van der Waals surface area contributed by atoms with Gasteiger partial charge in [0.2, 0.25) is 12.0 Å². The number of nitrogens with one attached hydrogen (secondary N) is 1. The fourth-order valence-electron chi connectivity index (χ4n) is 3.56. The minimum atomic E-state index is -0.992. The highest BCUT2D eigenvalue weighted by Gasteiger charge is 2.31. The number of halogens is 2. The molecule has 0 bridgehead atoms. The quantitative estimate of drug-likeness (QED) is 0.859. The molecule has 2 aromatic carbocycles. The Morgan fingerprint density at radius 3 is 2.90 bits per heavy atom. The van der Waals surface area contributed by atoms with Gasteiger partial charge in [-0.2, -0.15) is 0 Å². The van der Waals surface area contributed by atoms with Crippen LogP contribution in [0.15, 0.2) is 47.6 Å². The first-order valence-electron chi connectivity index (χ1n) is 9.37. The van der Waals surface area contributed by atoms with Crippen molar-refractivity contribution < 1.29 is 23.2 Å². The molecule has 0 fully saturated rings. The van der Waals surface area contributed by atoms with Gasteiger partial charge in [0.25, 0.3) is 5.91 Å². The second kappa shape index (κ2) is 7.98. The molecule has 4 rings (SSSR count). The number of amides is 2. The predicted octanol–water partition coefficient (Wildman–Crippen LogP) is 2.55. The van der Waals surface area contributed by atoms with E-state index in [2.05, 4.69) is 10.5 Å². The first-order chi connectivity index (χ1) is 14.0. The monoisotopic (exact) mass is 399 g/mol. The number of rotatable bonds is 4. The zero-order valence-corrected chi connectivity index (χ0v) is 15.5. The van der Waals surface area contributed by atoms with Crippen LogP contribution >= 0.6 is 0 Å². The van der Waals surface area contributed by atoms with E-state index >= 15 is 0 Å². The second-order valence-electron chi connectivity index (χ2n) is 6.96. The molecule has 2 aliphatic heterocycles. The Hall–Kier alpha value is -3.29. The normalized spacial score (nSPS) is 17.9. The molecule has 1 atom stereocenters. The van der Waals surface area contributed by atoms with Gasteiger partial charge in [-0.25, -0.2) is 8.78 Å². The van der Waals surface area contributed by atoms with Crippen molar-refractivity contribution in [2.75, 3.05) is 18.0 Å². The third kappa shape index (κ3) is 3.96. The molecule has 0 unspecified atom stereocenters. The lowest BCUT2D eigenvalue weighted by atomic mass is 10.0. The van der Waals surface area contributed by atoms with Crippen molar-refractivity contribution in [2.45, 2.75) is 25.4 Å². The molecule has 2 heterocycles. The number of anilines is 1. The summed E-state index contributed by atoms with van der Waals surface area (Å²) in [5.41, 5.74) is 2.08. The van der Waals surface area contributed by atoms with Gasteiger partial charge in [0.15, 0.2) is 0 Å². The van der Waals surface area contributed by atoms with Gasteiger partial charge in [0, 0.05) is 24.2 Å². The summed E-state index contributed by atoms with van der Waals surface area (Å²) in [7, 11) is 0. The van der Waals surface area contributed by atoms with E-state index in [-0.39, 0.29) is 30.1 Å². The average molecular weight is 399 g/mol. The largest absolute Gasteiger partial charge is 0.382 e. The molecule has 29 heavy (non-hydrogen) atoms. The Kier molecular flexibility index (Phi) is 5.24. The first-order valence-corrected chi connectivity index (χ1v) is 9.37. The number of hydrogen-bond donors (Lipinski definition) is 1. The molecule has 0 radical (unpaired) electrons. The van der Waals surface area contributed by atoms with Gasteiger partial charge in [-0.3, -0.25) is 9.59 Å². The fourth-order valence-corrected chi connectivity index (χ4v) is 3.56. The van der Waals surface area contributed by atoms with Gasteiger partial charge < -0.3 is 15.1 Å². The van der Waals surface area contributed by atoms with Gasteiger partial charge in [-0.15, -0.1) is 0 Å². The summed E-state index contributed by atoms with van der Waals surface area (Å²) in [6.45, 7) is 0.411. The van der Waals surface area contributed by atoms with Crippen LogP contribution in [0.25, 0.3) is 0 Å². The van der Waals surface area contributed by atoms with E-state index in [0.29, 0.717) is 6.54 Å². The molecular weight excluding hydrogens is 380 g/mol. The number of carbonyl (C=O) groups excluding carboxylic acids is 2. The number of para-hydroxylation sites is 1. The van der Waals surface area contributed by atoms with Crippen LogP contribution in [0, 0.1) is 11.6 Å². The Labute approximate surface area is 166 Å². The maximum Gasteiger partial charge on any atom is 0.264 e. The molecule has 0 aromatic heterocycles. The number of nitrogens with zero attached hydrogens (tertiary/aromatic N) is 2. The highest BCUT2D eigenvalue weighted by molar-refractivity contribution is 6.05. The molecule has 0 saturated heterocycles. The zero-order valence-electron chi connectivity index (χ0n) is 15.5. The van der Waals surface area contributed by atoms with Crippen LogP contribution in [0.1, 0.15) is 24.0 Å². The maximum absolute atomic E-state index is 13.9. The number of fused-ring (bicyclic) bond motifs is 1. The molecule has 0 aliphatic carbocycles. The van der Waals surface area contributed by atoms with Crippen LogP contribution in [-0.4, -0.2) is 36.7 Å². The van der Waals surface area contributed by atoms with Gasteiger partial charge in [0.05, 0.1) is 12.3 Å². The summed E-state index contributed by atoms with van der Waals surface area (Å²) >= 11 is 0. The van der Waals surface area contributed by atoms with E-state index in [0.717, 1.165) is 42.3 Å². The lowest BCUT2D eigenvalue weighted by molar-refractivity contribution is -0.132. The van der Waals surface area contributed by atoms with Crippen LogP contribution in [0.2, 0.25) is 0 Å². The van der Waals surface area contributed by atoms with Crippen molar-refractivity contribution in [2.24, 2.45) is 5.16 Å². The van der Waals surface area contributed by atoms with Crippen LogP contribution in [0.3, 0.4) is 0 Å².